The van der Waals surface area contributed by atoms with Gasteiger partial charge in [-0.25, -0.2) is 0 Å². The third-order valence-electron chi connectivity index (χ3n) is 4.17. The van der Waals surface area contributed by atoms with Crippen LogP contribution in [-0.4, -0.2) is 49.5 Å². The molecule has 1 aromatic carbocycles. The van der Waals surface area contributed by atoms with Crippen molar-refractivity contribution in [2.45, 2.75) is 18.3 Å². The zero-order valence-electron chi connectivity index (χ0n) is 12.4. The number of likely N-dealkylation sites (N-methyl/N-ethyl adjacent to an activating group) is 1. The fraction of sp³-hybridized carbons (Fsp3) is 0.562. The van der Waals surface area contributed by atoms with Crippen molar-refractivity contribution >= 4 is 17.7 Å². The van der Waals surface area contributed by atoms with Crippen molar-refractivity contribution in [3.63, 3.8) is 0 Å². The number of hydrogen-bond donors (Lipinski definition) is 1. The molecule has 1 amide bonds. The van der Waals surface area contributed by atoms with Crippen molar-refractivity contribution in [2.24, 2.45) is 0 Å². The zero-order chi connectivity index (χ0) is 14.4. The third-order valence-corrected chi connectivity index (χ3v) is 4.76. The number of hydrogen-bond acceptors (Lipinski definition) is 3. The summed E-state index contributed by atoms with van der Waals surface area (Å²) in [6.07, 6.45) is 3.86. The monoisotopic (exact) mass is 292 g/mol. The first-order chi connectivity index (χ1) is 9.70. The molecule has 1 aliphatic rings. The predicted molar refractivity (Wildman–Crippen MR) is 86.2 cm³/mol. The number of carbonyl (C=O) groups is 1. The van der Waals surface area contributed by atoms with E-state index in [0.717, 1.165) is 38.2 Å². The van der Waals surface area contributed by atoms with Crippen molar-refractivity contribution in [3.8, 4) is 0 Å². The summed E-state index contributed by atoms with van der Waals surface area (Å²) in [4.78, 5) is 14.9. The molecule has 110 valence electrons. The smallest absolute Gasteiger partial charge is 0.233 e. The summed E-state index contributed by atoms with van der Waals surface area (Å²) in [6, 6.07) is 10.3. The van der Waals surface area contributed by atoms with E-state index in [1.54, 1.807) is 11.8 Å². The molecule has 1 aromatic rings. The molecule has 0 aromatic heterocycles. The minimum absolute atomic E-state index is 0.277. The van der Waals surface area contributed by atoms with Gasteiger partial charge >= 0.3 is 0 Å². The average Bonchev–Trinajstić information content (AvgIpc) is 2.53. The van der Waals surface area contributed by atoms with E-state index >= 15 is 0 Å². The van der Waals surface area contributed by atoms with Gasteiger partial charge in [-0.2, -0.15) is 11.8 Å². The van der Waals surface area contributed by atoms with Crippen molar-refractivity contribution in [3.05, 3.63) is 35.9 Å². The highest BCUT2D eigenvalue weighted by molar-refractivity contribution is 7.98. The Morgan fingerprint density at radius 3 is 2.55 bits per heavy atom. The van der Waals surface area contributed by atoms with Gasteiger partial charge in [-0.1, -0.05) is 30.3 Å². The lowest BCUT2D eigenvalue weighted by atomic mass is 9.72. The topological polar surface area (TPSA) is 32.3 Å². The van der Waals surface area contributed by atoms with E-state index in [9.17, 15) is 4.79 Å². The fourth-order valence-corrected chi connectivity index (χ4v) is 3.39. The maximum absolute atomic E-state index is 13.0. The average molecular weight is 292 g/mol. The number of rotatable bonds is 5. The molecule has 1 N–H and O–H groups in total. The molecule has 0 radical (unpaired) electrons. The van der Waals surface area contributed by atoms with Crippen LogP contribution in [0, 0.1) is 0 Å². The molecule has 0 aliphatic carbocycles. The normalized spacial score (nSPS) is 17.7. The molecule has 1 fully saturated rings. The molecule has 0 spiro atoms. The summed E-state index contributed by atoms with van der Waals surface area (Å²) >= 11 is 1.78. The Morgan fingerprint density at radius 2 is 1.95 bits per heavy atom. The van der Waals surface area contributed by atoms with Crippen LogP contribution in [0.25, 0.3) is 0 Å². The van der Waals surface area contributed by atoms with Gasteiger partial charge in [0, 0.05) is 19.3 Å². The number of benzene rings is 1. The second kappa shape index (κ2) is 7.14. The first-order valence-corrected chi connectivity index (χ1v) is 8.61. The molecule has 20 heavy (non-hydrogen) atoms. The van der Waals surface area contributed by atoms with E-state index in [2.05, 4.69) is 23.7 Å². The summed E-state index contributed by atoms with van der Waals surface area (Å²) in [7, 11) is 1.94. The Kier molecular flexibility index (Phi) is 5.49. The van der Waals surface area contributed by atoms with Gasteiger partial charge in [-0.3, -0.25) is 4.79 Å². The maximum atomic E-state index is 13.0. The largest absolute Gasteiger partial charge is 0.344 e. The van der Waals surface area contributed by atoms with Gasteiger partial charge in [0.25, 0.3) is 0 Å². The van der Waals surface area contributed by atoms with Gasteiger partial charge < -0.3 is 10.2 Å². The molecule has 0 atom stereocenters. The lowest BCUT2D eigenvalue weighted by Crippen LogP contribution is -2.51. The Bertz CT molecular complexity index is 429. The molecule has 0 unspecified atom stereocenters. The highest BCUT2D eigenvalue weighted by Gasteiger charge is 2.42. The van der Waals surface area contributed by atoms with Crippen molar-refractivity contribution < 1.29 is 4.79 Å². The highest BCUT2D eigenvalue weighted by atomic mass is 32.2. The number of thioether (sulfide) groups is 1. The van der Waals surface area contributed by atoms with E-state index in [4.69, 9.17) is 0 Å². The molecule has 1 saturated heterocycles. The summed E-state index contributed by atoms with van der Waals surface area (Å²) in [5.41, 5.74) is 0.835. The van der Waals surface area contributed by atoms with Crippen molar-refractivity contribution in [2.75, 3.05) is 38.7 Å². The molecule has 1 aliphatic heterocycles. The second-order valence-corrected chi connectivity index (χ2v) is 6.40. The van der Waals surface area contributed by atoms with Crippen LogP contribution >= 0.6 is 11.8 Å². The van der Waals surface area contributed by atoms with Gasteiger partial charge in [0.15, 0.2) is 0 Å². The zero-order valence-corrected chi connectivity index (χ0v) is 13.2. The number of piperidine rings is 1. The molecule has 0 bridgehead atoms. The standard InChI is InChI=1S/C16H24N2OS/c1-18(12-13-20-2)15(19)16(8-10-17-11-9-16)14-6-4-3-5-7-14/h3-7,17H,8-13H2,1-2H3. The summed E-state index contributed by atoms with van der Waals surface area (Å²) in [5.74, 6) is 1.27. The molecule has 0 saturated carbocycles. The van der Waals surface area contributed by atoms with Gasteiger partial charge in [0.2, 0.25) is 5.91 Å². The van der Waals surface area contributed by atoms with Crippen molar-refractivity contribution in [1.82, 2.24) is 10.2 Å². The molecular formula is C16H24N2OS. The predicted octanol–water partition coefficient (Wildman–Crippen LogP) is 2.13. The number of nitrogens with zero attached hydrogens (tertiary/aromatic N) is 1. The van der Waals surface area contributed by atoms with Crippen LogP contribution in [0.15, 0.2) is 30.3 Å². The minimum atomic E-state index is -0.334. The quantitative estimate of drug-likeness (QED) is 0.902. The van der Waals surface area contributed by atoms with E-state index in [0.29, 0.717) is 0 Å². The molecule has 4 heteroatoms. The van der Waals surface area contributed by atoms with Gasteiger partial charge in [-0.15, -0.1) is 0 Å². The molecule has 3 nitrogen and oxygen atoms in total. The summed E-state index contributed by atoms with van der Waals surface area (Å²) < 4.78 is 0. The van der Waals surface area contributed by atoms with Crippen LogP contribution in [0.2, 0.25) is 0 Å². The fourth-order valence-electron chi connectivity index (χ4n) is 2.93. The molecule has 2 rings (SSSR count). The molecular weight excluding hydrogens is 268 g/mol. The van der Waals surface area contributed by atoms with Crippen LogP contribution in [0.5, 0.6) is 0 Å². The van der Waals surface area contributed by atoms with Crippen LogP contribution < -0.4 is 5.32 Å². The first kappa shape index (κ1) is 15.4. The lowest BCUT2D eigenvalue weighted by molar-refractivity contribution is -0.137. The highest BCUT2D eigenvalue weighted by Crippen LogP contribution is 2.35. The Morgan fingerprint density at radius 1 is 1.30 bits per heavy atom. The van der Waals surface area contributed by atoms with Crippen LogP contribution in [-0.2, 0) is 10.2 Å². The summed E-state index contributed by atoms with van der Waals surface area (Å²) in [6.45, 7) is 2.65. The van der Waals surface area contributed by atoms with E-state index < -0.39 is 0 Å². The van der Waals surface area contributed by atoms with Crippen LogP contribution in [0.1, 0.15) is 18.4 Å². The number of amides is 1. The Labute approximate surface area is 126 Å². The minimum Gasteiger partial charge on any atom is -0.344 e. The van der Waals surface area contributed by atoms with Crippen LogP contribution in [0.4, 0.5) is 0 Å². The molecule has 1 heterocycles. The summed E-state index contributed by atoms with van der Waals surface area (Å²) in [5, 5.41) is 3.37. The number of carbonyl (C=O) groups excluding carboxylic acids is 1. The maximum Gasteiger partial charge on any atom is 0.233 e. The number of nitrogens with one attached hydrogen (secondary N) is 1. The van der Waals surface area contributed by atoms with E-state index in [-0.39, 0.29) is 11.3 Å². The lowest BCUT2D eigenvalue weighted by Gasteiger charge is -2.39. The van der Waals surface area contributed by atoms with Gasteiger partial charge in [0.05, 0.1) is 5.41 Å². The third kappa shape index (κ3) is 3.18. The van der Waals surface area contributed by atoms with E-state index in [1.807, 2.05) is 30.1 Å². The first-order valence-electron chi connectivity index (χ1n) is 7.21. The van der Waals surface area contributed by atoms with Gasteiger partial charge in [0.1, 0.15) is 0 Å². The SMILES string of the molecule is CSCCN(C)C(=O)C1(c2ccccc2)CCNCC1. The van der Waals surface area contributed by atoms with Crippen molar-refractivity contribution in [1.29, 1.82) is 0 Å². The van der Waals surface area contributed by atoms with Crippen LogP contribution in [0.3, 0.4) is 0 Å². The van der Waals surface area contributed by atoms with E-state index in [1.165, 1.54) is 5.56 Å². The Hall–Kier alpha value is -1.00. The van der Waals surface area contributed by atoms with Gasteiger partial charge in [-0.05, 0) is 37.8 Å². The second-order valence-electron chi connectivity index (χ2n) is 5.42. The Balaban J connectivity index is 2.25.